The van der Waals surface area contributed by atoms with E-state index in [1.165, 1.54) is 6.08 Å². The first-order valence-corrected chi connectivity index (χ1v) is 5.15. The van der Waals surface area contributed by atoms with Gasteiger partial charge in [-0.1, -0.05) is 22.0 Å². The van der Waals surface area contributed by atoms with Crippen LogP contribution in [0, 0.1) is 6.92 Å². The van der Waals surface area contributed by atoms with Gasteiger partial charge in [0.25, 0.3) is 0 Å². The summed E-state index contributed by atoms with van der Waals surface area (Å²) in [5, 5.41) is 8.63. The Morgan fingerprint density at radius 3 is 2.71 bits per heavy atom. The zero-order valence-electron chi connectivity index (χ0n) is 7.49. The molecular weight excluding hydrogens is 264 g/mol. The molecule has 1 rings (SSSR count). The Kier molecular flexibility index (Phi) is 3.77. The predicted octanol–water partition coefficient (Wildman–Crippen LogP) is 3.11. The summed E-state index contributed by atoms with van der Waals surface area (Å²) in [6, 6.07) is 5.63. The summed E-state index contributed by atoms with van der Waals surface area (Å²) in [4.78, 5) is 10.6. The van der Waals surface area contributed by atoms with Gasteiger partial charge in [-0.25, -0.2) is 4.79 Å². The predicted molar refractivity (Wildman–Crippen MR) is 63.5 cm³/mol. The Morgan fingerprint density at radius 1 is 1.57 bits per heavy atom. The zero-order valence-corrected chi connectivity index (χ0v) is 9.97. The molecular formula is C10H9BrO2S. The lowest BCUT2D eigenvalue weighted by Gasteiger charge is -2.01. The van der Waals surface area contributed by atoms with Crippen molar-refractivity contribution in [3.63, 3.8) is 0 Å². The van der Waals surface area contributed by atoms with Gasteiger partial charge in [-0.15, -0.1) is 12.6 Å². The number of hydrogen-bond donors (Lipinski definition) is 2. The van der Waals surface area contributed by atoms with Crippen molar-refractivity contribution in [3.05, 3.63) is 38.7 Å². The summed E-state index contributed by atoms with van der Waals surface area (Å²) < 4.78 is 0.975. The first-order chi connectivity index (χ1) is 6.50. The molecule has 0 spiro atoms. The number of carboxylic acid groups (broad SMARTS) is 1. The van der Waals surface area contributed by atoms with Crippen LogP contribution in [-0.2, 0) is 4.79 Å². The zero-order chi connectivity index (χ0) is 10.7. The quantitative estimate of drug-likeness (QED) is 0.641. The molecule has 4 heteroatoms. The van der Waals surface area contributed by atoms with E-state index in [1.807, 2.05) is 25.1 Å². The van der Waals surface area contributed by atoms with Crippen LogP contribution in [0.15, 0.2) is 27.6 Å². The van der Waals surface area contributed by atoms with Crippen LogP contribution < -0.4 is 0 Å². The number of rotatable bonds is 2. The van der Waals surface area contributed by atoms with Gasteiger partial charge in [0, 0.05) is 4.47 Å². The topological polar surface area (TPSA) is 37.3 Å². The molecule has 0 fully saturated rings. The molecule has 0 amide bonds. The van der Waals surface area contributed by atoms with Gasteiger partial charge in [0.05, 0.1) is 4.91 Å². The van der Waals surface area contributed by atoms with E-state index < -0.39 is 5.97 Å². The minimum absolute atomic E-state index is 0.0374. The van der Waals surface area contributed by atoms with Gasteiger partial charge < -0.3 is 5.11 Å². The lowest BCUT2D eigenvalue weighted by atomic mass is 10.1. The molecule has 0 bridgehead atoms. The van der Waals surface area contributed by atoms with Crippen LogP contribution in [0.2, 0.25) is 0 Å². The number of carboxylic acids is 1. The Morgan fingerprint density at radius 2 is 2.21 bits per heavy atom. The van der Waals surface area contributed by atoms with Gasteiger partial charge in [0.2, 0.25) is 0 Å². The second-order valence-electron chi connectivity index (χ2n) is 2.84. The number of aryl methyl sites for hydroxylation is 1. The van der Waals surface area contributed by atoms with Crippen molar-refractivity contribution in [2.24, 2.45) is 0 Å². The maximum absolute atomic E-state index is 10.5. The highest BCUT2D eigenvalue weighted by atomic mass is 79.9. The van der Waals surface area contributed by atoms with Crippen molar-refractivity contribution < 1.29 is 9.90 Å². The summed E-state index contributed by atoms with van der Waals surface area (Å²) in [5.74, 6) is -1.02. The average molecular weight is 273 g/mol. The van der Waals surface area contributed by atoms with Crippen LogP contribution >= 0.6 is 28.6 Å². The number of thiol groups is 1. The van der Waals surface area contributed by atoms with E-state index in [0.29, 0.717) is 0 Å². The molecule has 0 saturated carbocycles. The molecule has 1 aromatic carbocycles. The normalized spacial score (nSPS) is 11.5. The van der Waals surface area contributed by atoms with Crippen molar-refractivity contribution in [1.82, 2.24) is 0 Å². The molecule has 14 heavy (non-hydrogen) atoms. The third-order valence-electron chi connectivity index (χ3n) is 1.74. The van der Waals surface area contributed by atoms with Crippen molar-refractivity contribution in [2.75, 3.05) is 0 Å². The van der Waals surface area contributed by atoms with E-state index in [2.05, 4.69) is 28.6 Å². The third kappa shape index (κ3) is 2.89. The van der Waals surface area contributed by atoms with Crippen LogP contribution in [0.5, 0.6) is 0 Å². The Balaban J connectivity index is 3.09. The summed E-state index contributed by atoms with van der Waals surface area (Å²) in [6.45, 7) is 1.92. The maximum atomic E-state index is 10.5. The molecule has 0 aliphatic carbocycles. The molecule has 0 aliphatic heterocycles. The third-order valence-corrected chi connectivity index (χ3v) is 2.56. The highest BCUT2D eigenvalue weighted by molar-refractivity contribution is 9.10. The Hall–Kier alpha value is -0.740. The summed E-state index contributed by atoms with van der Waals surface area (Å²) in [6.07, 6.45) is 1.53. The monoisotopic (exact) mass is 272 g/mol. The fraction of sp³-hybridized carbons (Fsp3) is 0.100. The lowest BCUT2D eigenvalue weighted by molar-refractivity contribution is -0.131. The maximum Gasteiger partial charge on any atom is 0.341 e. The number of hydrogen-bond acceptors (Lipinski definition) is 2. The number of benzene rings is 1. The summed E-state index contributed by atoms with van der Waals surface area (Å²) in [7, 11) is 0. The number of aliphatic carboxylic acids is 1. The van der Waals surface area contributed by atoms with Crippen LogP contribution in [0.1, 0.15) is 11.1 Å². The molecule has 0 heterocycles. The van der Waals surface area contributed by atoms with E-state index in [-0.39, 0.29) is 4.91 Å². The van der Waals surface area contributed by atoms with E-state index in [9.17, 15) is 4.79 Å². The van der Waals surface area contributed by atoms with Crippen molar-refractivity contribution in [1.29, 1.82) is 0 Å². The minimum Gasteiger partial charge on any atom is -0.477 e. The van der Waals surface area contributed by atoms with Gasteiger partial charge >= 0.3 is 5.97 Å². The standard InChI is InChI=1S/C10H9BrO2S/c1-6-4-8(11)3-2-7(6)5-9(14)10(12)13/h2-5,14H,1H3,(H,12,13)/b9-5-. The molecule has 2 nitrogen and oxygen atoms in total. The van der Waals surface area contributed by atoms with Crippen LogP contribution in [0.3, 0.4) is 0 Å². The average Bonchev–Trinajstić information content (AvgIpc) is 2.09. The van der Waals surface area contributed by atoms with E-state index in [0.717, 1.165) is 15.6 Å². The molecule has 0 unspecified atom stereocenters. The smallest absolute Gasteiger partial charge is 0.341 e. The van der Waals surface area contributed by atoms with Crippen molar-refractivity contribution in [3.8, 4) is 0 Å². The van der Waals surface area contributed by atoms with Gasteiger partial charge in [-0.3, -0.25) is 0 Å². The van der Waals surface area contributed by atoms with Gasteiger partial charge in [-0.2, -0.15) is 0 Å². The van der Waals surface area contributed by atoms with Gasteiger partial charge in [0.15, 0.2) is 0 Å². The van der Waals surface area contributed by atoms with E-state index >= 15 is 0 Å². The molecule has 0 aromatic heterocycles. The molecule has 0 atom stereocenters. The molecule has 0 saturated heterocycles. The molecule has 0 radical (unpaired) electrons. The summed E-state index contributed by atoms with van der Waals surface area (Å²) in [5.41, 5.74) is 1.87. The lowest BCUT2D eigenvalue weighted by Crippen LogP contribution is -1.93. The van der Waals surface area contributed by atoms with Crippen LogP contribution in [-0.4, -0.2) is 11.1 Å². The largest absolute Gasteiger partial charge is 0.477 e. The number of halogens is 1. The Labute approximate surface area is 96.2 Å². The highest BCUT2D eigenvalue weighted by Crippen LogP contribution is 2.19. The van der Waals surface area contributed by atoms with Gasteiger partial charge in [0.1, 0.15) is 0 Å². The SMILES string of the molecule is Cc1cc(Br)ccc1/C=C(\S)C(=O)O. The van der Waals surface area contributed by atoms with Crippen LogP contribution in [0.25, 0.3) is 6.08 Å². The van der Waals surface area contributed by atoms with E-state index in [4.69, 9.17) is 5.11 Å². The van der Waals surface area contributed by atoms with Gasteiger partial charge in [-0.05, 0) is 36.3 Å². The van der Waals surface area contributed by atoms with Crippen molar-refractivity contribution in [2.45, 2.75) is 6.92 Å². The first-order valence-electron chi connectivity index (χ1n) is 3.91. The fourth-order valence-electron chi connectivity index (χ4n) is 1.01. The van der Waals surface area contributed by atoms with E-state index in [1.54, 1.807) is 0 Å². The highest BCUT2D eigenvalue weighted by Gasteiger charge is 2.02. The molecule has 1 N–H and O–H groups in total. The number of carbonyl (C=O) groups is 1. The van der Waals surface area contributed by atoms with Crippen LogP contribution in [0.4, 0.5) is 0 Å². The molecule has 74 valence electrons. The Bertz CT molecular complexity index is 399. The second kappa shape index (κ2) is 4.66. The van der Waals surface area contributed by atoms with Crippen molar-refractivity contribution >= 4 is 40.6 Å². The molecule has 1 aromatic rings. The first kappa shape index (κ1) is 11.3. The summed E-state index contributed by atoms with van der Waals surface area (Å²) >= 11 is 7.19. The molecule has 0 aliphatic rings. The minimum atomic E-state index is -1.02. The fourth-order valence-corrected chi connectivity index (χ4v) is 1.62. The second-order valence-corrected chi connectivity index (χ2v) is 4.23.